The molecule has 12 fully saturated rings. The highest BCUT2D eigenvalue weighted by atomic mass is 32.2. The van der Waals surface area contributed by atoms with Crippen molar-refractivity contribution in [2.24, 2.45) is 5.92 Å². The number of sulfonamides is 1. The molecule has 1 aliphatic carbocycles. The SMILES string of the molecule is CC(=O)N1CCN(c2nc(NC3COC3)cc(C(C)(C)C)n2)CC1.CC(C)(C)c1cc(NC2CNC2)nc(N2CCC2)n1.CC(C)(C)c1cc(NC2COC2)nc(N2CCN(C(=O)C3CC3)CC2)n1.CC(C)(C)c1cc(NC2COC2)nc(N2CCN(S(C)(=O)=O)CC2)n1.CC(C)N1CCN(c2nc(NC3CNC3)cc(C(C)(C)C)n2)CC1.COc1nc(NC2CNC2)cc(C(C)(C)C)n1. The molecule has 9 N–H and O–H groups in total. The van der Waals surface area contributed by atoms with E-state index in [0.29, 0.717) is 99.4 Å². The van der Waals surface area contributed by atoms with Crippen molar-refractivity contribution in [3.63, 3.8) is 0 Å². The average molecular weight is 1890 g/mol. The summed E-state index contributed by atoms with van der Waals surface area (Å²) >= 11 is 0. The van der Waals surface area contributed by atoms with Crippen LogP contribution in [-0.2, 0) is 66.3 Å². The van der Waals surface area contributed by atoms with E-state index in [1.54, 1.807) is 14.0 Å². The number of aromatic nitrogens is 12. The largest absolute Gasteiger partial charge is 0.467 e. The summed E-state index contributed by atoms with van der Waals surface area (Å²) < 4.78 is 45.7. The Labute approximate surface area is 802 Å². The number of carbonyl (C=O) groups is 2. The molecule has 2 amide bonds. The van der Waals surface area contributed by atoms with Crippen molar-refractivity contribution >= 4 is 86.5 Å². The maximum Gasteiger partial charge on any atom is 0.318 e. The van der Waals surface area contributed by atoms with E-state index in [-0.39, 0.29) is 44.4 Å². The lowest BCUT2D eigenvalue weighted by atomic mass is 9.92. The third-order valence-corrected chi connectivity index (χ3v) is 27.0. The molecule has 0 spiro atoms. The molecule has 6 aromatic rings. The number of carbonyl (C=O) groups excluding carboxylic acids is 2. The molecule has 11 saturated heterocycles. The van der Waals surface area contributed by atoms with Crippen molar-refractivity contribution in [3.8, 4) is 6.01 Å². The zero-order chi connectivity index (χ0) is 97.1. The van der Waals surface area contributed by atoms with Crippen molar-refractivity contribution < 1.29 is 37.0 Å². The van der Waals surface area contributed by atoms with Crippen LogP contribution < -0.4 is 77.1 Å². The van der Waals surface area contributed by atoms with Crippen LogP contribution in [0.25, 0.3) is 0 Å². The summed E-state index contributed by atoms with van der Waals surface area (Å²) in [6.45, 7) is 69.9. The van der Waals surface area contributed by atoms with Crippen molar-refractivity contribution in [2.45, 2.75) is 239 Å². The van der Waals surface area contributed by atoms with Gasteiger partial charge in [-0.3, -0.25) is 14.5 Å². The Bertz CT molecular complexity index is 4990. The van der Waals surface area contributed by atoms with Gasteiger partial charge in [-0.2, -0.15) is 39.2 Å². The van der Waals surface area contributed by atoms with Crippen LogP contribution in [0.5, 0.6) is 6.01 Å². The Kier molecular flexibility index (Phi) is 33.7. The van der Waals surface area contributed by atoms with Gasteiger partial charge in [0.05, 0.1) is 123 Å². The average Bonchev–Trinajstić information content (AvgIpc) is 1.33. The number of methoxy groups -OCH3 is 1. The minimum Gasteiger partial charge on any atom is -0.467 e. The molecule has 0 bridgehead atoms. The second-order valence-corrected chi connectivity index (χ2v) is 46.1. The normalized spacial score (nSPS) is 19.8. The Morgan fingerprint density at radius 1 is 0.363 bits per heavy atom. The van der Waals surface area contributed by atoms with E-state index in [4.69, 9.17) is 58.8 Å². The standard InChI is InChI=1S/C19H29N5O2.C18H32N6.C17H27N5O2.C16H27N5O3S.C14H23N5.C12H20N4O/c1-19(2,3)15-10-16(20-14-11-26-12-14)22-18(21-15)24-8-6-23(7-9-24)17(25)13-4-5-13;1-13(2)23-6-8-24(9-7-23)17-21-15(18(3,4)5)10-16(22-17)20-14-11-19-12-14;1-12(23)21-5-7-22(8-6-21)16-19-14(17(2,3)4)9-15(20-16)18-13-10-24-11-13;1-16(2,3)13-9-14(17-12-10-24-11-12)19-15(18-13)20-5-7-21(8-6-20)25(4,22)23;1-14(2,3)11-7-12(16-10-8-15-9-10)18-13(17-11)19-5-4-6-19;1-12(2,3)9-5-10(14-8-6-13-7-8)16-11(15-9)17-4/h10,13-14H,4-9,11-12H2,1-3H3,(H,20,21,22);10,13-14,19H,6-9,11-12H2,1-5H3,(H,20,21,22);9,13H,5-8,10-11H2,1-4H3,(H,18,19,20);9,12H,5-8,10-11H2,1-4H3,(H,17,18,19);7,10,15H,4-6,8-9H2,1-3H3,(H,16,17,18);5,8,13H,6-7H2,1-4H3,(H,14,15,16). The lowest BCUT2D eigenvalue weighted by Gasteiger charge is -2.37. The van der Waals surface area contributed by atoms with Gasteiger partial charge in [-0.1, -0.05) is 125 Å². The fraction of sp³-hybridized carbons (Fsp3) is 0.729. The molecule has 39 heteroatoms. The van der Waals surface area contributed by atoms with Crippen LogP contribution in [0.1, 0.15) is 199 Å². The third kappa shape index (κ3) is 29.6. The predicted octanol–water partition coefficient (Wildman–Crippen LogP) is 7.79. The van der Waals surface area contributed by atoms with Gasteiger partial charge in [-0.15, -0.1) is 0 Å². The van der Waals surface area contributed by atoms with Crippen LogP contribution in [0.3, 0.4) is 0 Å². The molecule has 0 unspecified atom stereocenters. The predicted molar refractivity (Wildman–Crippen MR) is 537 cm³/mol. The van der Waals surface area contributed by atoms with Crippen molar-refractivity contribution in [2.75, 3.05) is 266 Å². The molecule has 12 aliphatic rings. The zero-order valence-corrected chi connectivity index (χ0v) is 85.8. The molecule has 135 heavy (non-hydrogen) atoms. The first-order valence-electron chi connectivity index (χ1n) is 49.0. The molecule has 6 aromatic heterocycles. The number of ether oxygens (including phenoxy) is 4. The van der Waals surface area contributed by atoms with E-state index in [9.17, 15) is 18.0 Å². The number of hydrogen-bond acceptors (Lipinski definition) is 35. The Morgan fingerprint density at radius 3 is 0.844 bits per heavy atom. The maximum absolute atomic E-state index is 12.3. The molecular formula is C96H158N30O8S. The van der Waals surface area contributed by atoms with Crippen LogP contribution in [0.4, 0.5) is 64.6 Å². The first-order valence-corrected chi connectivity index (χ1v) is 50.9. The van der Waals surface area contributed by atoms with Crippen LogP contribution >= 0.6 is 0 Å². The minimum absolute atomic E-state index is 0.00941. The summed E-state index contributed by atoms with van der Waals surface area (Å²) in [5, 5.41) is 30.5. The topological polar surface area (TPSA) is 397 Å². The van der Waals surface area contributed by atoms with E-state index in [1.165, 1.54) is 17.0 Å². The van der Waals surface area contributed by atoms with Gasteiger partial charge in [-0.25, -0.2) is 33.3 Å². The number of anilines is 11. The van der Waals surface area contributed by atoms with E-state index in [2.05, 4.69) is 254 Å². The number of piperazine rings is 4. The van der Waals surface area contributed by atoms with Crippen molar-refractivity contribution in [3.05, 3.63) is 70.6 Å². The van der Waals surface area contributed by atoms with Gasteiger partial charge in [0.1, 0.15) is 34.9 Å². The highest BCUT2D eigenvalue weighted by Gasteiger charge is 2.38. The summed E-state index contributed by atoms with van der Waals surface area (Å²) in [4.78, 5) is 97.5. The fourth-order valence-corrected chi connectivity index (χ4v) is 16.5. The summed E-state index contributed by atoms with van der Waals surface area (Å²) in [5.74, 6) is 9.97. The molecule has 0 atom stereocenters. The molecule has 17 heterocycles. The third-order valence-electron chi connectivity index (χ3n) is 25.7. The first-order chi connectivity index (χ1) is 63.7. The number of nitrogens with one attached hydrogen (secondary N) is 9. The Balaban J connectivity index is 0.000000138. The second kappa shape index (κ2) is 44.2. The van der Waals surface area contributed by atoms with Gasteiger partial charge in [0.25, 0.3) is 0 Å². The van der Waals surface area contributed by atoms with Gasteiger partial charge in [0, 0.05) is 245 Å². The number of amides is 2. The molecule has 746 valence electrons. The maximum atomic E-state index is 12.3. The van der Waals surface area contributed by atoms with Crippen molar-refractivity contribution in [1.82, 2.24) is 94.8 Å². The van der Waals surface area contributed by atoms with E-state index in [0.717, 1.165) is 263 Å². The molecule has 0 radical (unpaired) electrons. The van der Waals surface area contributed by atoms with Crippen LogP contribution in [0, 0.1) is 5.92 Å². The Morgan fingerprint density at radius 2 is 0.622 bits per heavy atom. The van der Waals surface area contributed by atoms with Gasteiger partial charge < -0.3 is 101 Å². The molecule has 0 aromatic carbocycles. The number of rotatable bonds is 21. The minimum atomic E-state index is -3.14. The van der Waals surface area contributed by atoms with E-state index in [1.807, 2.05) is 28.0 Å². The molecule has 18 rings (SSSR count). The first kappa shape index (κ1) is 103. The number of hydrogen-bond donors (Lipinski definition) is 9. The summed E-state index contributed by atoms with van der Waals surface area (Å²) in [5.41, 5.74) is 6.08. The lowest BCUT2D eigenvalue weighted by Crippen LogP contribution is -2.52. The van der Waals surface area contributed by atoms with Gasteiger partial charge in [0.15, 0.2) is 0 Å². The second-order valence-electron chi connectivity index (χ2n) is 44.1. The monoisotopic (exact) mass is 1890 g/mol. The zero-order valence-electron chi connectivity index (χ0n) is 85.0. The van der Waals surface area contributed by atoms with Gasteiger partial charge in [-0.05, 0) is 33.1 Å². The van der Waals surface area contributed by atoms with E-state index < -0.39 is 10.0 Å². The summed E-state index contributed by atoms with van der Waals surface area (Å²) in [7, 11) is -1.55. The van der Waals surface area contributed by atoms with Crippen LogP contribution in [0.15, 0.2) is 36.4 Å². The van der Waals surface area contributed by atoms with Crippen molar-refractivity contribution in [1.29, 1.82) is 0 Å². The van der Waals surface area contributed by atoms with Crippen LogP contribution in [0.2, 0.25) is 0 Å². The quantitative estimate of drug-likeness (QED) is 0.0332. The summed E-state index contributed by atoms with van der Waals surface area (Å²) in [6, 6.07) is 15.7. The molecule has 11 aliphatic heterocycles. The molecule has 1 saturated carbocycles. The smallest absolute Gasteiger partial charge is 0.318 e. The number of nitrogens with zero attached hydrogens (tertiary/aromatic N) is 21. The fourth-order valence-electron chi connectivity index (χ4n) is 15.6. The highest BCUT2D eigenvalue weighted by Crippen LogP contribution is 2.36. The molecular weight excluding hydrogens is 1730 g/mol. The van der Waals surface area contributed by atoms with Crippen LogP contribution in [-0.4, -0.2) is 351 Å². The van der Waals surface area contributed by atoms with Gasteiger partial charge >= 0.3 is 6.01 Å². The van der Waals surface area contributed by atoms with Gasteiger partial charge in [0.2, 0.25) is 51.6 Å². The highest BCUT2D eigenvalue weighted by molar-refractivity contribution is 7.88. The molecule has 38 nitrogen and oxygen atoms in total. The Hall–Kier alpha value is -9.35. The lowest BCUT2D eigenvalue weighted by molar-refractivity contribution is -0.133. The van der Waals surface area contributed by atoms with E-state index >= 15 is 0 Å². The summed E-state index contributed by atoms with van der Waals surface area (Å²) in [6.07, 6.45) is 4.63.